The molecule has 3 aromatic rings. The van der Waals surface area contributed by atoms with Gasteiger partial charge in [0.1, 0.15) is 11.5 Å². The summed E-state index contributed by atoms with van der Waals surface area (Å²) in [6, 6.07) is 15.7. The largest absolute Gasteiger partial charge is 0.457 e. The van der Waals surface area contributed by atoms with Gasteiger partial charge in [-0.05, 0) is 30.7 Å². The second-order valence-electron chi connectivity index (χ2n) is 7.56. The van der Waals surface area contributed by atoms with Crippen molar-refractivity contribution in [3.63, 3.8) is 0 Å². The van der Waals surface area contributed by atoms with Crippen LogP contribution in [0.1, 0.15) is 22.6 Å². The molecule has 6 heteroatoms. The van der Waals surface area contributed by atoms with Crippen LogP contribution >= 0.6 is 0 Å². The van der Waals surface area contributed by atoms with Crippen LogP contribution in [-0.4, -0.2) is 28.8 Å². The second kappa shape index (κ2) is 8.49. The average molecular weight is 390 g/mol. The summed E-state index contributed by atoms with van der Waals surface area (Å²) in [6.07, 6.45) is 3.84. The van der Waals surface area contributed by atoms with Gasteiger partial charge in [0.15, 0.2) is 0 Å². The third-order valence-electron chi connectivity index (χ3n) is 5.38. The van der Waals surface area contributed by atoms with Crippen molar-refractivity contribution in [2.45, 2.75) is 19.4 Å². The Morgan fingerprint density at radius 1 is 1.21 bits per heavy atom. The van der Waals surface area contributed by atoms with E-state index < -0.39 is 0 Å². The summed E-state index contributed by atoms with van der Waals surface area (Å²) in [4.78, 5) is 12.9. The van der Waals surface area contributed by atoms with Crippen molar-refractivity contribution < 1.29 is 9.53 Å². The summed E-state index contributed by atoms with van der Waals surface area (Å²) in [7, 11) is 1.89. The van der Waals surface area contributed by atoms with Crippen LogP contribution in [0.5, 0.6) is 11.5 Å². The van der Waals surface area contributed by atoms with Crippen LogP contribution < -0.4 is 15.4 Å². The highest BCUT2D eigenvalue weighted by Crippen LogP contribution is 2.29. The minimum atomic E-state index is -0.107. The average Bonchev–Trinajstić information content (AvgIpc) is 3.37. The van der Waals surface area contributed by atoms with E-state index in [9.17, 15) is 4.79 Å². The predicted molar refractivity (Wildman–Crippen MR) is 112 cm³/mol. The molecule has 1 fully saturated rings. The van der Waals surface area contributed by atoms with Gasteiger partial charge in [-0.3, -0.25) is 9.48 Å². The maximum atomic E-state index is 12.9. The predicted octanol–water partition coefficient (Wildman–Crippen LogP) is 3.14. The molecule has 0 unspecified atom stereocenters. The summed E-state index contributed by atoms with van der Waals surface area (Å²) in [6.45, 7) is 3.94. The van der Waals surface area contributed by atoms with E-state index in [1.807, 2.05) is 74.9 Å². The maximum absolute atomic E-state index is 12.9. The van der Waals surface area contributed by atoms with E-state index in [4.69, 9.17) is 4.74 Å². The van der Waals surface area contributed by atoms with Gasteiger partial charge in [-0.15, -0.1) is 0 Å². The molecule has 0 radical (unpaired) electrons. The van der Waals surface area contributed by atoms with Gasteiger partial charge in [0.2, 0.25) is 5.91 Å². The molecule has 2 aromatic carbocycles. The molecule has 0 saturated carbocycles. The quantitative estimate of drug-likeness (QED) is 0.679. The molecule has 0 spiro atoms. The van der Waals surface area contributed by atoms with Crippen LogP contribution in [0.25, 0.3) is 0 Å². The van der Waals surface area contributed by atoms with Gasteiger partial charge in [0.25, 0.3) is 0 Å². The molecule has 6 nitrogen and oxygen atoms in total. The molecular formula is C23H26N4O2. The fourth-order valence-electron chi connectivity index (χ4n) is 3.73. The molecule has 1 aliphatic heterocycles. The van der Waals surface area contributed by atoms with E-state index >= 15 is 0 Å². The lowest BCUT2D eigenvalue weighted by molar-refractivity contribution is -0.125. The van der Waals surface area contributed by atoms with Gasteiger partial charge in [-0.1, -0.05) is 35.9 Å². The van der Waals surface area contributed by atoms with E-state index in [2.05, 4.69) is 15.7 Å². The number of hydrogen-bond donors (Lipinski definition) is 2. The summed E-state index contributed by atoms with van der Waals surface area (Å²) >= 11 is 0. The van der Waals surface area contributed by atoms with Crippen molar-refractivity contribution in [3.8, 4) is 11.5 Å². The lowest BCUT2D eigenvalue weighted by atomic mass is 9.90. The molecule has 2 N–H and O–H groups in total. The van der Waals surface area contributed by atoms with Crippen LogP contribution in [0.2, 0.25) is 0 Å². The van der Waals surface area contributed by atoms with Gasteiger partial charge in [0, 0.05) is 44.4 Å². The topological polar surface area (TPSA) is 68.2 Å². The number of aryl methyl sites for hydroxylation is 2. The molecule has 0 aliphatic carbocycles. The molecule has 2 heterocycles. The first-order valence-corrected chi connectivity index (χ1v) is 9.89. The van der Waals surface area contributed by atoms with Crippen LogP contribution in [-0.2, 0) is 18.4 Å². The zero-order valence-electron chi connectivity index (χ0n) is 16.8. The number of carbonyl (C=O) groups is 1. The van der Waals surface area contributed by atoms with Crippen LogP contribution in [0.4, 0.5) is 0 Å². The van der Waals surface area contributed by atoms with E-state index in [0.717, 1.165) is 29.2 Å². The number of hydrogen-bond acceptors (Lipinski definition) is 4. The summed E-state index contributed by atoms with van der Waals surface area (Å²) in [5, 5.41) is 10.7. The third-order valence-corrected chi connectivity index (χ3v) is 5.38. The standard InChI is InChI=1S/C23H26N4O2/c1-16-7-9-19(10-8-16)29-22-6-4-3-5-17(22)11-25-23(28)21-14-24-13-20(21)18-12-26-27(2)15-18/h3-10,12,15,20-21,24H,11,13-14H2,1-2H3,(H,25,28)/t20-,21+/m1/s1. The van der Waals surface area contributed by atoms with Crippen molar-refractivity contribution in [3.05, 3.63) is 77.6 Å². The van der Waals surface area contributed by atoms with Crippen LogP contribution in [0, 0.1) is 12.8 Å². The lowest BCUT2D eigenvalue weighted by Crippen LogP contribution is -2.34. The zero-order valence-corrected chi connectivity index (χ0v) is 16.8. The second-order valence-corrected chi connectivity index (χ2v) is 7.56. The molecule has 1 amide bonds. The molecule has 29 heavy (non-hydrogen) atoms. The number of nitrogens with one attached hydrogen (secondary N) is 2. The SMILES string of the molecule is Cc1ccc(Oc2ccccc2CNC(=O)[C@H]2CNC[C@@H]2c2cnn(C)c2)cc1. The van der Waals surface area contributed by atoms with Crippen LogP contribution in [0.3, 0.4) is 0 Å². The van der Waals surface area contributed by atoms with Crippen molar-refractivity contribution in [1.29, 1.82) is 0 Å². The smallest absolute Gasteiger partial charge is 0.225 e. The first-order chi connectivity index (χ1) is 14.1. The molecule has 1 saturated heterocycles. The number of nitrogens with zero attached hydrogens (tertiary/aromatic N) is 2. The van der Waals surface area contributed by atoms with Crippen molar-refractivity contribution in [1.82, 2.24) is 20.4 Å². The molecule has 4 rings (SSSR count). The molecule has 0 bridgehead atoms. The minimum Gasteiger partial charge on any atom is -0.457 e. The van der Waals surface area contributed by atoms with Crippen molar-refractivity contribution >= 4 is 5.91 Å². The number of rotatable bonds is 6. The summed E-state index contributed by atoms with van der Waals surface area (Å²) in [5.74, 6) is 1.62. The maximum Gasteiger partial charge on any atom is 0.225 e. The Hall–Kier alpha value is -3.12. The van der Waals surface area contributed by atoms with Gasteiger partial charge < -0.3 is 15.4 Å². The lowest BCUT2D eigenvalue weighted by Gasteiger charge is -2.18. The van der Waals surface area contributed by atoms with Gasteiger partial charge in [-0.25, -0.2) is 0 Å². The van der Waals surface area contributed by atoms with E-state index in [-0.39, 0.29) is 17.7 Å². The molecule has 1 aliphatic rings. The minimum absolute atomic E-state index is 0.0500. The van der Waals surface area contributed by atoms with Crippen LogP contribution in [0.15, 0.2) is 60.9 Å². The zero-order chi connectivity index (χ0) is 20.2. The Bertz CT molecular complexity index is 981. The third kappa shape index (κ3) is 4.49. The molecule has 150 valence electrons. The highest BCUT2D eigenvalue weighted by Gasteiger charge is 2.34. The number of ether oxygens (including phenoxy) is 1. The molecule has 1 aromatic heterocycles. The first-order valence-electron chi connectivity index (χ1n) is 9.89. The Morgan fingerprint density at radius 2 is 2.00 bits per heavy atom. The van der Waals surface area contributed by atoms with Crippen molar-refractivity contribution in [2.75, 3.05) is 13.1 Å². The Balaban J connectivity index is 1.42. The van der Waals surface area contributed by atoms with Gasteiger partial charge in [-0.2, -0.15) is 5.10 Å². The monoisotopic (exact) mass is 390 g/mol. The Morgan fingerprint density at radius 3 is 2.76 bits per heavy atom. The number of carbonyl (C=O) groups excluding carboxylic acids is 1. The fraction of sp³-hybridized carbons (Fsp3) is 0.304. The fourth-order valence-corrected chi connectivity index (χ4v) is 3.73. The molecule has 2 atom stereocenters. The van der Waals surface area contributed by atoms with Crippen molar-refractivity contribution in [2.24, 2.45) is 13.0 Å². The number of para-hydroxylation sites is 1. The van der Waals surface area contributed by atoms with Gasteiger partial charge in [0.05, 0.1) is 12.1 Å². The van der Waals surface area contributed by atoms with Gasteiger partial charge >= 0.3 is 0 Å². The van der Waals surface area contributed by atoms with E-state index in [1.54, 1.807) is 4.68 Å². The highest BCUT2D eigenvalue weighted by molar-refractivity contribution is 5.80. The Kier molecular flexibility index (Phi) is 5.62. The Labute approximate surface area is 170 Å². The molecular weight excluding hydrogens is 364 g/mol. The number of benzene rings is 2. The summed E-state index contributed by atoms with van der Waals surface area (Å²) in [5.41, 5.74) is 3.23. The van der Waals surface area contributed by atoms with E-state index in [0.29, 0.717) is 13.1 Å². The number of amides is 1. The summed E-state index contributed by atoms with van der Waals surface area (Å²) < 4.78 is 7.82. The highest BCUT2D eigenvalue weighted by atomic mass is 16.5. The first kappa shape index (κ1) is 19.2. The van der Waals surface area contributed by atoms with E-state index in [1.165, 1.54) is 5.56 Å². The normalized spacial score (nSPS) is 18.6. The number of aromatic nitrogens is 2.